The van der Waals surface area contributed by atoms with Crippen molar-refractivity contribution in [3.8, 4) is 16.9 Å². The molecule has 0 unspecified atom stereocenters. The Balaban J connectivity index is 1.73. The maximum atomic E-state index is 15.0. The first-order chi connectivity index (χ1) is 15.0. The molecule has 0 saturated carbocycles. The van der Waals surface area contributed by atoms with E-state index >= 15 is 0 Å². The summed E-state index contributed by atoms with van der Waals surface area (Å²) in [7, 11) is 0. The third-order valence-corrected chi connectivity index (χ3v) is 4.94. The number of para-hydroxylation sites is 1. The molecule has 5 nitrogen and oxygen atoms in total. The first-order valence-electron chi connectivity index (χ1n) is 9.57. The summed E-state index contributed by atoms with van der Waals surface area (Å²) in [5.74, 6) is -1.72. The van der Waals surface area contributed by atoms with Gasteiger partial charge in [-0.1, -0.05) is 18.2 Å². The van der Waals surface area contributed by atoms with Crippen molar-refractivity contribution >= 4 is 16.9 Å². The fourth-order valence-electron chi connectivity index (χ4n) is 3.53. The molecule has 0 aliphatic rings. The van der Waals surface area contributed by atoms with Gasteiger partial charge in [-0.25, -0.2) is 8.78 Å². The van der Waals surface area contributed by atoms with Gasteiger partial charge in [0, 0.05) is 34.2 Å². The molecule has 31 heavy (non-hydrogen) atoms. The molecule has 0 aliphatic carbocycles. The molecule has 0 aliphatic heterocycles. The first-order valence-corrected chi connectivity index (χ1v) is 9.57. The number of ether oxygens (including phenoxy) is 1. The van der Waals surface area contributed by atoms with Crippen molar-refractivity contribution in [1.82, 2.24) is 0 Å². The fraction of sp³-hybridized carbons (Fsp3) is 0.125. The molecule has 0 spiro atoms. The number of aliphatic carboxylic acids is 1. The van der Waals surface area contributed by atoms with Crippen molar-refractivity contribution in [3.05, 3.63) is 89.2 Å². The van der Waals surface area contributed by atoms with Gasteiger partial charge < -0.3 is 20.0 Å². The molecule has 4 rings (SSSR count). The molecule has 0 radical (unpaired) electrons. The van der Waals surface area contributed by atoms with Crippen molar-refractivity contribution < 1.29 is 27.8 Å². The number of furan rings is 1. The van der Waals surface area contributed by atoms with Crippen LogP contribution in [0.1, 0.15) is 16.7 Å². The molecule has 0 fully saturated rings. The zero-order valence-corrected chi connectivity index (χ0v) is 16.4. The van der Waals surface area contributed by atoms with E-state index in [-0.39, 0.29) is 30.7 Å². The van der Waals surface area contributed by atoms with E-state index < -0.39 is 17.6 Å². The summed E-state index contributed by atoms with van der Waals surface area (Å²) >= 11 is 0. The van der Waals surface area contributed by atoms with E-state index in [0.717, 1.165) is 12.1 Å². The molecule has 0 amide bonds. The number of fused-ring (bicyclic) bond motifs is 1. The third-order valence-electron chi connectivity index (χ3n) is 4.94. The zero-order chi connectivity index (χ0) is 22.0. The first kappa shape index (κ1) is 20.6. The van der Waals surface area contributed by atoms with Crippen LogP contribution in [0, 0.1) is 11.6 Å². The summed E-state index contributed by atoms with van der Waals surface area (Å²) in [5.41, 5.74) is 7.71. The smallest absolute Gasteiger partial charge is 0.307 e. The lowest BCUT2D eigenvalue weighted by atomic mass is 9.98. The van der Waals surface area contributed by atoms with Crippen LogP contribution >= 0.6 is 0 Å². The summed E-state index contributed by atoms with van der Waals surface area (Å²) in [6, 6.07) is 14.3. The number of benzene rings is 3. The highest BCUT2D eigenvalue weighted by Crippen LogP contribution is 2.34. The standard InChI is InChI=1S/C24H19F2NO4/c25-18-9-17(12-27)23(26)19(11-18)20-8-14(7-16-5-6-30-24(16)20)13-31-21-4-2-1-3-15(21)10-22(28)29/h1-9,11H,10,12-13,27H2,(H,28,29). The maximum absolute atomic E-state index is 15.0. The summed E-state index contributed by atoms with van der Waals surface area (Å²) in [6.07, 6.45) is 1.31. The molecule has 1 heterocycles. The SMILES string of the molecule is NCc1cc(F)cc(-c2cc(COc3ccccc3CC(=O)O)cc3ccoc23)c1F. The number of rotatable bonds is 7. The van der Waals surface area contributed by atoms with Crippen LogP contribution in [-0.2, 0) is 24.4 Å². The predicted molar refractivity (Wildman–Crippen MR) is 112 cm³/mol. The Labute approximate surface area is 176 Å². The van der Waals surface area contributed by atoms with E-state index in [1.807, 2.05) is 6.07 Å². The normalized spacial score (nSPS) is 11.1. The lowest BCUT2D eigenvalue weighted by molar-refractivity contribution is -0.136. The van der Waals surface area contributed by atoms with Crippen LogP contribution in [0.2, 0.25) is 0 Å². The van der Waals surface area contributed by atoms with Crippen LogP contribution in [0.3, 0.4) is 0 Å². The second-order valence-electron chi connectivity index (χ2n) is 7.08. The minimum atomic E-state index is -0.963. The highest BCUT2D eigenvalue weighted by molar-refractivity contribution is 5.93. The van der Waals surface area contributed by atoms with E-state index in [4.69, 9.17) is 20.0 Å². The largest absolute Gasteiger partial charge is 0.489 e. The molecular formula is C24H19F2NO4. The van der Waals surface area contributed by atoms with Crippen molar-refractivity contribution in [2.45, 2.75) is 19.6 Å². The number of carboxylic acids is 1. The average molecular weight is 423 g/mol. The quantitative estimate of drug-likeness (QED) is 0.435. The molecular weight excluding hydrogens is 404 g/mol. The Bertz CT molecular complexity index is 1270. The van der Waals surface area contributed by atoms with E-state index in [0.29, 0.717) is 33.4 Å². The van der Waals surface area contributed by atoms with Gasteiger partial charge in [0.15, 0.2) is 0 Å². The van der Waals surface area contributed by atoms with E-state index in [9.17, 15) is 13.6 Å². The van der Waals surface area contributed by atoms with Gasteiger partial charge in [-0.2, -0.15) is 0 Å². The summed E-state index contributed by atoms with van der Waals surface area (Å²) in [4.78, 5) is 11.1. The van der Waals surface area contributed by atoms with Gasteiger partial charge in [0.1, 0.15) is 29.6 Å². The van der Waals surface area contributed by atoms with Crippen molar-refractivity contribution in [2.75, 3.05) is 0 Å². The monoisotopic (exact) mass is 423 g/mol. The zero-order valence-electron chi connectivity index (χ0n) is 16.4. The van der Waals surface area contributed by atoms with Gasteiger partial charge >= 0.3 is 5.97 Å². The fourth-order valence-corrected chi connectivity index (χ4v) is 3.53. The molecule has 158 valence electrons. The van der Waals surface area contributed by atoms with Gasteiger partial charge in [-0.15, -0.1) is 0 Å². The number of hydrogen-bond donors (Lipinski definition) is 2. The molecule has 0 bridgehead atoms. The Morgan fingerprint density at radius 2 is 1.84 bits per heavy atom. The van der Waals surface area contributed by atoms with Gasteiger partial charge in [-0.3, -0.25) is 4.79 Å². The number of halogens is 2. The Morgan fingerprint density at radius 3 is 2.61 bits per heavy atom. The molecule has 0 atom stereocenters. The van der Waals surface area contributed by atoms with E-state index in [1.54, 1.807) is 36.4 Å². The summed E-state index contributed by atoms with van der Waals surface area (Å²) < 4.78 is 40.4. The van der Waals surface area contributed by atoms with Crippen LogP contribution in [0.4, 0.5) is 8.78 Å². The highest BCUT2D eigenvalue weighted by Gasteiger charge is 2.17. The predicted octanol–water partition coefficient (Wildman–Crippen LogP) is 5.04. The molecule has 3 aromatic carbocycles. The van der Waals surface area contributed by atoms with Crippen LogP contribution in [0.5, 0.6) is 5.75 Å². The van der Waals surface area contributed by atoms with Gasteiger partial charge in [0.05, 0.1) is 12.7 Å². The molecule has 0 saturated heterocycles. The summed E-state index contributed by atoms with van der Waals surface area (Å²) in [6.45, 7) is -0.0352. The lowest BCUT2D eigenvalue weighted by Gasteiger charge is -2.13. The lowest BCUT2D eigenvalue weighted by Crippen LogP contribution is -2.04. The minimum Gasteiger partial charge on any atom is -0.489 e. The average Bonchev–Trinajstić information content (AvgIpc) is 3.22. The van der Waals surface area contributed by atoms with E-state index in [1.165, 1.54) is 6.26 Å². The number of carboxylic acid groups (broad SMARTS) is 1. The van der Waals surface area contributed by atoms with E-state index in [2.05, 4.69) is 0 Å². The number of hydrogen-bond acceptors (Lipinski definition) is 4. The number of carbonyl (C=O) groups is 1. The topological polar surface area (TPSA) is 85.7 Å². The van der Waals surface area contributed by atoms with Crippen LogP contribution < -0.4 is 10.5 Å². The maximum Gasteiger partial charge on any atom is 0.307 e. The van der Waals surface area contributed by atoms with Crippen LogP contribution in [-0.4, -0.2) is 11.1 Å². The highest BCUT2D eigenvalue weighted by atomic mass is 19.1. The van der Waals surface area contributed by atoms with Crippen molar-refractivity contribution in [1.29, 1.82) is 0 Å². The van der Waals surface area contributed by atoms with Crippen LogP contribution in [0.25, 0.3) is 22.1 Å². The number of nitrogens with two attached hydrogens (primary N) is 1. The van der Waals surface area contributed by atoms with Crippen LogP contribution in [0.15, 0.2) is 65.3 Å². The van der Waals surface area contributed by atoms with Crippen molar-refractivity contribution in [3.63, 3.8) is 0 Å². The third kappa shape index (κ3) is 4.27. The Kier molecular flexibility index (Phi) is 5.68. The molecule has 7 heteroatoms. The Morgan fingerprint density at radius 1 is 1.03 bits per heavy atom. The Hall–Kier alpha value is -3.71. The molecule has 1 aromatic heterocycles. The second kappa shape index (κ2) is 8.57. The van der Waals surface area contributed by atoms with Gasteiger partial charge in [0.25, 0.3) is 0 Å². The van der Waals surface area contributed by atoms with Gasteiger partial charge in [0.2, 0.25) is 0 Å². The second-order valence-corrected chi connectivity index (χ2v) is 7.08. The van der Waals surface area contributed by atoms with Gasteiger partial charge in [-0.05, 0) is 42.0 Å². The summed E-state index contributed by atoms with van der Waals surface area (Å²) in [5, 5.41) is 9.79. The molecule has 4 aromatic rings. The molecule has 3 N–H and O–H groups in total. The minimum absolute atomic E-state index is 0.0496. The van der Waals surface area contributed by atoms with Crippen molar-refractivity contribution in [2.24, 2.45) is 5.73 Å².